The Morgan fingerprint density at radius 2 is 2.33 bits per heavy atom. The van der Waals surface area contributed by atoms with Crippen LogP contribution < -0.4 is 0 Å². The number of aliphatic hydroxyl groups is 1. The minimum absolute atomic E-state index is 0.192. The summed E-state index contributed by atoms with van der Waals surface area (Å²) in [7, 11) is 1.26. The molecular formula is C9H16O3. The molecule has 0 radical (unpaired) electrons. The molecule has 0 aliphatic heterocycles. The number of hydrogen-bond donors (Lipinski definition) is 1. The van der Waals surface area contributed by atoms with Crippen molar-refractivity contribution in [2.45, 2.75) is 25.9 Å². The van der Waals surface area contributed by atoms with Gasteiger partial charge < -0.3 is 9.84 Å². The van der Waals surface area contributed by atoms with E-state index >= 15 is 0 Å². The van der Waals surface area contributed by atoms with Gasteiger partial charge in [-0.1, -0.05) is 19.4 Å². The van der Waals surface area contributed by atoms with Crippen molar-refractivity contribution < 1.29 is 14.6 Å². The molecule has 1 N–H and O–H groups in total. The Hall–Kier alpha value is -0.830. The zero-order valence-electron chi connectivity index (χ0n) is 7.62. The lowest BCUT2D eigenvalue weighted by atomic mass is 9.97. The van der Waals surface area contributed by atoms with Gasteiger partial charge in [0.25, 0.3) is 0 Å². The molecule has 0 aromatic rings. The van der Waals surface area contributed by atoms with Gasteiger partial charge in [0.15, 0.2) is 6.10 Å². The number of methoxy groups -OCH3 is 1. The van der Waals surface area contributed by atoms with Crippen molar-refractivity contribution in [3.63, 3.8) is 0 Å². The van der Waals surface area contributed by atoms with E-state index in [0.29, 0.717) is 0 Å². The van der Waals surface area contributed by atoms with Gasteiger partial charge in [0.2, 0.25) is 0 Å². The molecule has 12 heavy (non-hydrogen) atoms. The zero-order valence-corrected chi connectivity index (χ0v) is 7.62. The highest BCUT2D eigenvalue weighted by Gasteiger charge is 2.23. The Balaban J connectivity index is 4.09. The fourth-order valence-corrected chi connectivity index (χ4v) is 1.03. The van der Waals surface area contributed by atoms with Crippen LogP contribution >= 0.6 is 0 Å². The van der Waals surface area contributed by atoms with E-state index < -0.39 is 12.1 Å². The maximum absolute atomic E-state index is 10.9. The maximum atomic E-state index is 10.9. The third kappa shape index (κ3) is 3.05. The van der Waals surface area contributed by atoms with Crippen LogP contribution in [0.15, 0.2) is 12.7 Å². The number of aliphatic hydroxyl groups excluding tert-OH is 1. The van der Waals surface area contributed by atoms with Crippen LogP contribution in [0.2, 0.25) is 0 Å². The average molecular weight is 172 g/mol. The van der Waals surface area contributed by atoms with Crippen LogP contribution in [0.25, 0.3) is 0 Å². The van der Waals surface area contributed by atoms with Gasteiger partial charge in [0, 0.05) is 5.92 Å². The quantitative estimate of drug-likeness (QED) is 0.499. The van der Waals surface area contributed by atoms with E-state index in [0.717, 1.165) is 12.8 Å². The molecule has 70 valence electrons. The third-order valence-electron chi connectivity index (χ3n) is 1.77. The van der Waals surface area contributed by atoms with Gasteiger partial charge in [0.05, 0.1) is 7.11 Å². The van der Waals surface area contributed by atoms with Crippen molar-refractivity contribution in [2.24, 2.45) is 5.92 Å². The molecule has 0 saturated heterocycles. The number of carbonyl (C=O) groups excluding carboxylic acids is 1. The molecule has 0 fully saturated rings. The van der Waals surface area contributed by atoms with Crippen molar-refractivity contribution in [1.29, 1.82) is 0 Å². The van der Waals surface area contributed by atoms with Gasteiger partial charge in [-0.05, 0) is 6.42 Å². The van der Waals surface area contributed by atoms with Crippen LogP contribution in [0.4, 0.5) is 0 Å². The molecule has 0 amide bonds. The average Bonchev–Trinajstić information content (AvgIpc) is 2.11. The highest BCUT2D eigenvalue weighted by atomic mass is 16.5. The highest BCUT2D eigenvalue weighted by Crippen LogP contribution is 2.13. The minimum Gasteiger partial charge on any atom is -0.467 e. The Kier molecular flexibility index (Phi) is 5.37. The van der Waals surface area contributed by atoms with Crippen molar-refractivity contribution in [3.8, 4) is 0 Å². The van der Waals surface area contributed by atoms with Gasteiger partial charge in [-0.25, -0.2) is 4.79 Å². The summed E-state index contributed by atoms with van der Waals surface area (Å²) in [5, 5.41) is 9.36. The van der Waals surface area contributed by atoms with Crippen LogP contribution in [0, 0.1) is 5.92 Å². The Morgan fingerprint density at radius 1 is 1.75 bits per heavy atom. The van der Waals surface area contributed by atoms with Gasteiger partial charge >= 0.3 is 5.97 Å². The molecule has 0 rings (SSSR count). The molecule has 0 aromatic carbocycles. The van der Waals surface area contributed by atoms with Crippen LogP contribution in [-0.4, -0.2) is 24.3 Å². The summed E-state index contributed by atoms with van der Waals surface area (Å²) in [5.74, 6) is -0.782. The monoisotopic (exact) mass is 172 g/mol. The molecule has 0 spiro atoms. The molecule has 2 atom stereocenters. The molecule has 0 saturated carbocycles. The number of rotatable bonds is 5. The Bertz CT molecular complexity index is 154. The molecule has 0 heterocycles. The van der Waals surface area contributed by atoms with Crippen LogP contribution in [0.1, 0.15) is 19.8 Å². The summed E-state index contributed by atoms with van der Waals surface area (Å²) in [4.78, 5) is 10.9. The van der Waals surface area contributed by atoms with Crippen LogP contribution in [-0.2, 0) is 9.53 Å². The lowest BCUT2D eigenvalue weighted by Gasteiger charge is -2.16. The first-order valence-corrected chi connectivity index (χ1v) is 4.05. The summed E-state index contributed by atoms with van der Waals surface area (Å²) in [6.07, 6.45) is 2.18. The lowest BCUT2D eigenvalue weighted by Crippen LogP contribution is -2.29. The normalized spacial score (nSPS) is 14.9. The van der Waals surface area contributed by atoms with Crippen LogP contribution in [0.5, 0.6) is 0 Å². The summed E-state index contributed by atoms with van der Waals surface area (Å²) in [6.45, 7) is 5.54. The summed E-state index contributed by atoms with van der Waals surface area (Å²) >= 11 is 0. The molecule has 3 heteroatoms. The second-order valence-corrected chi connectivity index (χ2v) is 2.66. The first kappa shape index (κ1) is 11.2. The Labute approximate surface area is 73.0 Å². The molecule has 0 unspecified atom stereocenters. The van der Waals surface area contributed by atoms with Crippen molar-refractivity contribution in [2.75, 3.05) is 7.11 Å². The second kappa shape index (κ2) is 5.77. The molecule has 0 aliphatic carbocycles. The van der Waals surface area contributed by atoms with Gasteiger partial charge in [0.1, 0.15) is 0 Å². The largest absolute Gasteiger partial charge is 0.467 e. The standard InChI is InChI=1S/C9H16O3/c1-4-6-7(5-2)8(10)9(11)12-3/h5,7-8,10H,2,4,6H2,1,3H3/t7-,8-/m1/s1. The van der Waals surface area contributed by atoms with E-state index in [9.17, 15) is 9.90 Å². The molecular weight excluding hydrogens is 156 g/mol. The predicted molar refractivity (Wildman–Crippen MR) is 46.6 cm³/mol. The van der Waals surface area contributed by atoms with E-state index in [1.165, 1.54) is 7.11 Å². The molecule has 0 bridgehead atoms. The van der Waals surface area contributed by atoms with Gasteiger partial charge in [-0.2, -0.15) is 0 Å². The fraction of sp³-hybridized carbons (Fsp3) is 0.667. The predicted octanol–water partition coefficient (Wildman–Crippen LogP) is 1.12. The lowest BCUT2D eigenvalue weighted by molar-refractivity contribution is -0.152. The van der Waals surface area contributed by atoms with Crippen molar-refractivity contribution >= 4 is 5.97 Å². The first-order valence-electron chi connectivity index (χ1n) is 4.05. The number of carbonyl (C=O) groups is 1. The van der Waals surface area contributed by atoms with Gasteiger partial charge in [-0.15, -0.1) is 6.58 Å². The van der Waals surface area contributed by atoms with E-state index in [4.69, 9.17) is 0 Å². The fourth-order valence-electron chi connectivity index (χ4n) is 1.03. The zero-order chi connectivity index (χ0) is 9.56. The Morgan fingerprint density at radius 3 is 2.67 bits per heavy atom. The van der Waals surface area contributed by atoms with E-state index in [2.05, 4.69) is 11.3 Å². The van der Waals surface area contributed by atoms with E-state index in [1.54, 1.807) is 6.08 Å². The molecule has 0 aromatic heterocycles. The highest BCUT2D eigenvalue weighted by molar-refractivity contribution is 5.74. The number of hydrogen-bond acceptors (Lipinski definition) is 3. The number of ether oxygens (including phenoxy) is 1. The van der Waals surface area contributed by atoms with Crippen LogP contribution in [0.3, 0.4) is 0 Å². The molecule has 0 aliphatic rings. The van der Waals surface area contributed by atoms with Crippen molar-refractivity contribution in [3.05, 3.63) is 12.7 Å². The third-order valence-corrected chi connectivity index (χ3v) is 1.77. The van der Waals surface area contributed by atoms with E-state index in [1.807, 2.05) is 6.92 Å². The van der Waals surface area contributed by atoms with Gasteiger partial charge in [-0.3, -0.25) is 0 Å². The maximum Gasteiger partial charge on any atom is 0.335 e. The topological polar surface area (TPSA) is 46.5 Å². The summed E-state index contributed by atoms with van der Waals surface area (Å²) < 4.78 is 4.40. The summed E-state index contributed by atoms with van der Waals surface area (Å²) in [6, 6.07) is 0. The van der Waals surface area contributed by atoms with E-state index in [-0.39, 0.29) is 5.92 Å². The first-order chi connectivity index (χ1) is 5.67. The summed E-state index contributed by atoms with van der Waals surface area (Å²) in [5.41, 5.74) is 0. The van der Waals surface area contributed by atoms with Crippen molar-refractivity contribution in [1.82, 2.24) is 0 Å². The minimum atomic E-state index is -1.06. The smallest absolute Gasteiger partial charge is 0.335 e. The molecule has 3 nitrogen and oxygen atoms in total. The SMILES string of the molecule is C=C[C@H](CCC)[C@@H](O)C(=O)OC. The second-order valence-electron chi connectivity index (χ2n) is 2.66. The number of esters is 1.